The van der Waals surface area contributed by atoms with E-state index in [1.807, 2.05) is 0 Å². The molecule has 76 valence electrons. The topological polar surface area (TPSA) is 9.23 Å². The highest BCUT2D eigenvalue weighted by molar-refractivity contribution is 5.42. The fraction of sp³-hybridized carbons (Fsp3) is 0.538. The molecule has 1 heteroatoms. The van der Waals surface area contributed by atoms with Gasteiger partial charge in [0, 0.05) is 5.41 Å². The van der Waals surface area contributed by atoms with E-state index < -0.39 is 0 Å². The van der Waals surface area contributed by atoms with Crippen molar-refractivity contribution in [1.29, 1.82) is 0 Å². The Bertz CT molecular complexity index is 343. The Morgan fingerprint density at radius 2 is 2.14 bits per heavy atom. The molecule has 14 heavy (non-hydrogen) atoms. The fourth-order valence-electron chi connectivity index (χ4n) is 2.15. The number of ether oxygens (including phenoxy) is 1. The highest BCUT2D eigenvalue weighted by Crippen LogP contribution is 2.36. The van der Waals surface area contributed by atoms with Crippen molar-refractivity contribution in [3.63, 3.8) is 0 Å². The second-order valence-electron chi connectivity index (χ2n) is 4.38. The predicted molar refractivity (Wildman–Crippen MR) is 59.0 cm³/mol. The molecule has 1 aromatic rings. The molecule has 2 aliphatic heterocycles. The minimum absolute atomic E-state index is 0.205. The van der Waals surface area contributed by atoms with E-state index in [2.05, 4.69) is 39.0 Å². The van der Waals surface area contributed by atoms with Crippen LogP contribution in [0, 0.1) is 0 Å². The van der Waals surface area contributed by atoms with Crippen LogP contribution in [-0.2, 0) is 11.8 Å². The molecule has 0 spiro atoms. The normalized spacial score (nSPS) is 24.5. The van der Waals surface area contributed by atoms with Gasteiger partial charge in [-0.15, -0.1) is 0 Å². The molecule has 0 aliphatic carbocycles. The summed E-state index contributed by atoms with van der Waals surface area (Å²) >= 11 is 0. The quantitative estimate of drug-likeness (QED) is 0.695. The Morgan fingerprint density at radius 3 is 2.79 bits per heavy atom. The number of hydrogen-bond acceptors (Lipinski definition) is 1. The first-order chi connectivity index (χ1) is 6.69. The summed E-state index contributed by atoms with van der Waals surface area (Å²) in [4.78, 5) is 0. The second-order valence-corrected chi connectivity index (χ2v) is 4.38. The maximum Gasteiger partial charge on any atom is 0.119 e. The van der Waals surface area contributed by atoms with E-state index in [-0.39, 0.29) is 5.41 Å². The van der Waals surface area contributed by atoms with Crippen molar-refractivity contribution in [2.75, 3.05) is 6.61 Å². The molecule has 0 amide bonds. The van der Waals surface area contributed by atoms with Gasteiger partial charge in [0.25, 0.3) is 0 Å². The van der Waals surface area contributed by atoms with Gasteiger partial charge in [-0.2, -0.15) is 0 Å². The van der Waals surface area contributed by atoms with Gasteiger partial charge in [-0.05, 0) is 36.1 Å². The summed E-state index contributed by atoms with van der Waals surface area (Å²) in [5.74, 6) is 1.03. The van der Waals surface area contributed by atoms with Crippen molar-refractivity contribution in [2.24, 2.45) is 0 Å². The number of benzene rings is 1. The van der Waals surface area contributed by atoms with Crippen LogP contribution in [0.2, 0.25) is 0 Å². The summed E-state index contributed by atoms with van der Waals surface area (Å²) in [5, 5.41) is 0. The summed E-state index contributed by atoms with van der Waals surface area (Å²) in [6, 6.07) is 6.52. The highest BCUT2D eigenvalue weighted by atomic mass is 16.5. The van der Waals surface area contributed by atoms with E-state index in [0.29, 0.717) is 0 Å². The minimum Gasteiger partial charge on any atom is -0.493 e. The standard InChI is InChI=1S/C13H18O/c1-4-10-8-11-6-7-12(10)13(3,5-2)9-14-11/h6-8H,4-5,9H2,1-3H3. The number of rotatable bonds is 2. The lowest BCUT2D eigenvalue weighted by Crippen LogP contribution is -2.28. The van der Waals surface area contributed by atoms with E-state index in [9.17, 15) is 0 Å². The molecule has 0 fully saturated rings. The zero-order valence-electron chi connectivity index (χ0n) is 9.26. The molecule has 1 nitrogen and oxygen atoms in total. The molecule has 1 atom stereocenters. The largest absolute Gasteiger partial charge is 0.493 e. The molecule has 2 bridgehead atoms. The lowest BCUT2D eigenvalue weighted by molar-refractivity contribution is 0.230. The molecule has 0 saturated carbocycles. The van der Waals surface area contributed by atoms with Crippen LogP contribution in [0.4, 0.5) is 0 Å². The van der Waals surface area contributed by atoms with Crippen molar-refractivity contribution in [3.05, 3.63) is 29.3 Å². The van der Waals surface area contributed by atoms with E-state index in [0.717, 1.165) is 25.2 Å². The summed E-state index contributed by atoms with van der Waals surface area (Å²) in [6.45, 7) is 7.57. The third-order valence-corrected chi connectivity index (χ3v) is 3.45. The zero-order chi connectivity index (χ0) is 10.2. The maximum absolute atomic E-state index is 5.76. The SMILES string of the molecule is CCc1cc2ccc1C(C)(CC)CO2. The van der Waals surface area contributed by atoms with E-state index >= 15 is 0 Å². The highest BCUT2D eigenvalue weighted by Gasteiger charge is 2.30. The number of fused-ring (bicyclic) bond motifs is 4. The van der Waals surface area contributed by atoms with Gasteiger partial charge in [0.1, 0.15) is 5.75 Å². The molecule has 0 radical (unpaired) electrons. The third kappa shape index (κ3) is 1.31. The van der Waals surface area contributed by atoms with Crippen LogP contribution >= 0.6 is 0 Å². The van der Waals surface area contributed by atoms with E-state index in [4.69, 9.17) is 4.74 Å². The Labute approximate surface area is 86.1 Å². The average molecular weight is 190 g/mol. The van der Waals surface area contributed by atoms with Crippen molar-refractivity contribution >= 4 is 0 Å². The van der Waals surface area contributed by atoms with Crippen molar-refractivity contribution in [2.45, 2.75) is 39.0 Å². The molecule has 3 rings (SSSR count). The van der Waals surface area contributed by atoms with Gasteiger partial charge < -0.3 is 4.74 Å². The molecule has 1 unspecified atom stereocenters. The van der Waals surface area contributed by atoms with Crippen molar-refractivity contribution in [1.82, 2.24) is 0 Å². The first-order valence-electron chi connectivity index (χ1n) is 5.46. The maximum atomic E-state index is 5.76. The Kier molecular flexibility index (Phi) is 2.26. The molecule has 0 N–H and O–H groups in total. The van der Waals surface area contributed by atoms with Crippen molar-refractivity contribution < 1.29 is 4.74 Å². The van der Waals surface area contributed by atoms with Crippen LogP contribution in [-0.4, -0.2) is 6.61 Å². The molecule has 2 aliphatic rings. The first kappa shape index (κ1) is 9.57. The van der Waals surface area contributed by atoms with Crippen LogP contribution < -0.4 is 4.74 Å². The Balaban J connectivity index is 2.54. The molecule has 2 heterocycles. The van der Waals surface area contributed by atoms with Crippen LogP contribution in [0.1, 0.15) is 38.3 Å². The first-order valence-corrected chi connectivity index (χ1v) is 5.46. The van der Waals surface area contributed by atoms with Gasteiger partial charge in [-0.1, -0.05) is 26.8 Å². The molecular weight excluding hydrogens is 172 g/mol. The van der Waals surface area contributed by atoms with Crippen LogP contribution in [0.5, 0.6) is 5.75 Å². The van der Waals surface area contributed by atoms with Gasteiger partial charge in [-0.25, -0.2) is 0 Å². The molecule has 0 aromatic heterocycles. The van der Waals surface area contributed by atoms with Gasteiger partial charge in [-0.3, -0.25) is 0 Å². The summed E-state index contributed by atoms with van der Waals surface area (Å²) in [7, 11) is 0. The van der Waals surface area contributed by atoms with Crippen LogP contribution in [0.15, 0.2) is 18.2 Å². The lowest BCUT2D eigenvalue weighted by atomic mass is 9.78. The van der Waals surface area contributed by atoms with Crippen LogP contribution in [0.3, 0.4) is 0 Å². The summed E-state index contributed by atoms with van der Waals surface area (Å²) < 4.78 is 5.76. The van der Waals surface area contributed by atoms with Gasteiger partial charge >= 0.3 is 0 Å². The fourth-order valence-corrected chi connectivity index (χ4v) is 2.15. The lowest BCUT2D eigenvalue weighted by Gasteiger charge is -2.27. The molecule has 0 saturated heterocycles. The average Bonchev–Trinajstić information content (AvgIpc) is 2.47. The molecular formula is C13H18O. The van der Waals surface area contributed by atoms with Crippen LogP contribution in [0.25, 0.3) is 0 Å². The minimum atomic E-state index is 0.205. The Hall–Kier alpha value is -0.980. The number of aryl methyl sites for hydroxylation is 1. The van der Waals surface area contributed by atoms with E-state index in [1.54, 1.807) is 0 Å². The third-order valence-electron chi connectivity index (χ3n) is 3.45. The van der Waals surface area contributed by atoms with Gasteiger partial charge in [0.2, 0.25) is 0 Å². The summed E-state index contributed by atoms with van der Waals surface area (Å²) in [6.07, 6.45) is 2.24. The monoisotopic (exact) mass is 190 g/mol. The Morgan fingerprint density at radius 1 is 1.36 bits per heavy atom. The summed E-state index contributed by atoms with van der Waals surface area (Å²) in [5.41, 5.74) is 3.13. The predicted octanol–water partition coefficient (Wildman–Crippen LogP) is 3.31. The number of hydrogen-bond donors (Lipinski definition) is 0. The second kappa shape index (κ2) is 3.30. The van der Waals surface area contributed by atoms with Crippen molar-refractivity contribution in [3.8, 4) is 5.75 Å². The van der Waals surface area contributed by atoms with E-state index in [1.165, 1.54) is 11.1 Å². The molecule has 1 aromatic carbocycles. The zero-order valence-corrected chi connectivity index (χ0v) is 9.26. The van der Waals surface area contributed by atoms with Gasteiger partial charge in [0.05, 0.1) is 6.61 Å². The van der Waals surface area contributed by atoms with Gasteiger partial charge in [0.15, 0.2) is 0 Å². The smallest absolute Gasteiger partial charge is 0.119 e.